The van der Waals surface area contributed by atoms with Crippen molar-refractivity contribution < 1.29 is 10.2 Å². The van der Waals surface area contributed by atoms with E-state index in [1.807, 2.05) is 33.7 Å². The second-order valence-corrected chi connectivity index (χ2v) is 4.56. The molecule has 0 amide bonds. The van der Waals surface area contributed by atoms with Crippen molar-refractivity contribution in [1.82, 2.24) is 0 Å². The van der Waals surface area contributed by atoms with Gasteiger partial charge in [-0.1, -0.05) is 0 Å². The summed E-state index contributed by atoms with van der Waals surface area (Å²) < 4.78 is 0. The van der Waals surface area contributed by atoms with E-state index in [1.54, 1.807) is 0 Å². The zero-order chi connectivity index (χ0) is 9.97. The molecule has 0 fully saturated rings. The molecule has 2 aromatic rings. The Kier molecular flexibility index (Phi) is 2.98. The fourth-order valence-corrected chi connectivity index (χ4v) is 2.63. The van der Waals surface area contributed by atoms with E-state index in [1.165, 1.54) is 22.7 Å². The summed E-state index contributed by atoms with van der Waals surface area (Å²) in [4.78, 5) is 0. The predicted octanol–water partition coefficient (Wildman–Crippen LogP) is 2.58. The Morgan fingerprint density at radius 3 is 1.57 bits per heavy atom. The third-order valence-electron chi connectivity index (χ3n) is 2.07. The molecule has 0 aliphatic rings. The zero-order valence-electron chi connectivity index (χ0n) is 7.33. The maximum atomic E-state index is 9.81. The molecule has 0 aliphatic heterocycles. The maximum Gasteiger partial charge on any atom is 0.110 e. The summed E-state index contributed by atoms with van der Waals surface area (Å²) in [5, 5.41) is 27.1. The summed E-state index contributed by atoms with van der Waals surface area (Å²) in [5.41, 5.74) is 1.54. The van der Waals surface area contributed by atoms with Crippen molar-refractivity contribution in [2.45, 2.75) is 12.2 Å². The molecule has 2 N–H and O–H groups in total. The molecule has 2 aromatic heterocycles. The molecular weight excluding hydrogens is 216 g/mol. The molecule has 0 radical (unpaired) electrons. The monoisotopic (exact) mass is 226 g/mol. The maximum absolute atomic E-state index is 9.81. The third-order valence-corrected chi connectivity index (χ3v) is 3.47. The highest BCUT2D eigenvalue weighted by atomic mass is 32.1. The Morgan fingerprint density at radius 2 is 1.29 bits per heavy atom. The van der Waals surface area contributed by atoms with Gasteiger partial charge in [0.2, 0.25) is 0 Å². The number of aliphatic hydroxyl groups excluding tert-OH is 2. The smallest absolute Gasteiger partial charge is 0.110 e. The van der Waals surface area contributed by atoms with Gasteiger partial charge in [-0.2, -0.15) is 22.7 Å². The molecule has 0 aliphatic carbocycles. The molecule has 0 unspecified atom stereocenters. The number of rotatable bonds is 3. The van der Waals surface area contributed by atoms with Crippen molar-refractivity contribution in [3.8, 4) is 0 Å². The van der Waals surface area contributed by atoms with Crippen molar-refractivity contribution in [2.75, 3.05) is 0 Å². The van der Waals surface area contributed by atoms with Crippen LogP contribution in [0.2, 0.25) is 0 Å². The molecule has 0 spiro atoms. The van der Waals surface area contributed by atoms with E-state index in [9.17, 15) is 10.2 Å². The third kappa shape index (κ3) is 1.88. The molecule has 74 valence electrons. The van der Waals surface area contributed by atoms with E-state index in [0.29, 0.717) is 0 Å². The average Bonchev–Trinajstić information content (AvgIpc) is 2.87. The van der Waals surface area contributed by atoms with E-state index in [4.69, 9.17) is 0 Å². The first-order chi connectivity index (χ1) is 6.79. The number of hydrogen-bond donors (Lipinski definition) is 2. The van der Waals surface area contributed by atoms with Gasteiger partial charge in [0, 0.05) is 0 Å². The quantitative estimate of drug-likeness (QED) is 0.844. The van der Waals surface area contributed by atoms with E-state index in [2.05, 4.69) is 0 Å². The van der Waals surface area contributed by atoms with Gasteiger partial charge >= 0.3 is 0 Å². The molecule has 0 aromatic carbocycles. The number of thiophene rings is 2. The second-order valence-electron chi connectivity index (χ2n) is 3.00. The Morgan fingerprint density at radius 1 is 0.857 bits per heavy atom. The topological polar surface area (TPSA) is 40.5 Å². The van der Waals surface area contributed by atoms with Gasteiger partial charge in [-0.15, -0.1) is 0 Å². The minimum Gasteiger partial charge on any atom is -0.385 e. The lowest BCUT2D eigenvalue weighted by atomic mass is 10.0. The summed E-state index contributed by atoms with van der Waals surface area (Å²) in [5.74, 6) is 0. The largest absolute Gasteiger partial charge is 0.385 e. The fraction of sp³-hybridized carbons (Fsp3) is 0.200. The molecular formula is C10H10O2S2. The molecule has 2 heterocycles. The van der Waals surface area contributed by atoms with Gasteiger partial charge in [0.1, 0.15) is 12.2 Å². The average molecular weight is 226 g/mol. The number of hydrogen-bond acceptors (Lipinski definition) is 4. The van der Waals surface area contributed by atoms with Crippen molar-refractivity contribution in [3.05, 3.63) is 44.8 Å². The van der Waals surface area contributed by atoms with Gasteiger partial charge in [0.05, 0.1) is 0 Å². The summed E-state index contributed by atoms with van der Waals surface area (Å²) in [7, 11) is 0. The summed E-state index contributed by atoms with van der Waals surface area (Å²) >= 11 is 3.03. The van der Waals surface area contributed by atoms with Gasteiger partial charge in [0.15, 0.2) is 0 Å². The van der Waals surface area contributed by atoms with Crippen LogP contribution < -0.4 is 0 Å². The first kappa shape index (κ1) is 9.86. The second kappa shape index (κ2) is 4.23. The molecule has 2 nitrogen and oxygen atoms in total. The van der Waals surface area contributed by atoms with Gasteiger partial charge < -0.3 is 10.2 Å². The van der Waals surface area contributed by atoms with Crippen LogP contribution in [-0.4, -0.2) is 10.2 Å². The Labute approximate surface area is 90.1 Å². The highest BCUT2D eigenvalue weighted by Crippen LogP contribution is 2.30. The lowest BCUT2D eigenvalue weighted by Crippen LogP contribution is -2.08. The van der Waals surface area contributed by atoms with Crippen molar-refractivity contribution in [2.24, 2.45) is 0 Å². The summed E-state index contributed by atoms with van der Waals surface area (Å²) in [6.07, 6.45) is -1.65. The van der Waals surface area contributed by atoms with Crippen LogP contribution in [0.3, 0.4) is 0 Å². The van der Waals surface area contributed by atoms with Crippen LogP contribution in [0.25, 0.3) is 0 Å². The Hall–Kier alpha value is -0.680. The van der Waals surface area contributed by atoms with Crippen LogP contribution in [0.4, 0.5) is 0 Å². The van der Waals surface area contributed by atoms with Gasteiger partial charge in [-0.3, -0.25) is 0 Å². The Balaban J connectivity index is 2.16. The fourth-order valence-electron chi connectivity index (χ4n) is 1.25. The van der Waals surface area contributed by atoms with E-state index in [-0.39, 0.29) is 0 Å². The zero-order valence-corrected chi connectivity index (χ0v) is 8.96. The molecule has 2 rings (SSSR count). The molecule has 2 atom stereocenters. The number of aliphatic hydroxyl groups is 2. The minimum atomic E-state index is -0.823. The normalized spacial score (nSPS) is 15.3. The Bertz CT molecular complexity index is 328. The minimum absolute atomic E-state index is 0.772. The van der Waals surface area contributed by atoms with Crippen LogP contribution in [0.5, 0.6) is 0 Å². The van der Waals surface area contributed by atoms with Crippen LogP contribution in [0.1, 0.15) is 23.3 Å². The lowest BCUT2D eigenvalue weighted by Gasteiger charge is -2.15. The highest BCUT2D eigenvalue weighted by molar-refractivity contribution is 7.08. The van der Waals surface area contributed by atoms with Gasteiger partial charge in [-0.25, -0.2) is 0 Å². The van der Waals surface area contributed by atoms with Crippen LogP contribution in [0.15, 0.2) is 33.7 Å². The molecule has 0 saturated carbocycles. The van der Waals surface area contributed by atoms with E-state index in [0.717, 1.165) is 11.1 Å². The van der Waals surface area contributed by atoms with Crippen molar-refractivity contribution >= 4 is 22.7 Å². The predicted molar refractivity (Wildman–Crippen MR) is 58.6 cm³/mol. The summed E-state index contributed by atoms with van der Waals surface area (Å²) in [6, 6.07) is 3.65. The van der Waals surface area contributed by atoms with Crippen molar-refractivity contribution in [1.29, 1.82) is 0 Å². The highest BCUT2D eigenvalue weighted by Gasteiger charge is 2.20. The first-order valence-electron chi connectivity index (χ1n) is 4.19. The van der Waals surface area contributed by atoms with Gasteiger partial charge in [-0.05, 0) is 44.8 Å². The SMILES string of the molecule is O[C@H](c1ccsc1)[C@H](O)c1ccsc1. The molecule has 4 heteroatoms. The molecule has 14 heavy (non-hydrogen) atoms. The summed E-state index contributed by atoms with van der Waals surface area (Å²) in [6.45, 7) is 0. The van der Waals surface area contributed by atoms with E-state index < -0.39 is 12.2 Å². The first-order valence-corrected chi connectivity index (χ1v) is 6.08. The lowest BCUT2D eigenvalue weighted by molar-refractivity contribution is 0.0177. The van der Waals surface area contributed by atoms with Crippen LogP contribution >= 0.6 is 22.7 Å². The van der Waals surface area contributed by atoms with Gasteiger partial charge in [0.25, 0.3) is 0 Å². The molecule has 0 saturated heterocycles. The standard InChI is InChI=1S/C10H10O2S2/c11-9(7-1-3-13-5-7)10(12)8-2-4-14-6-8/h1-6,9-12H/t9-,10-/m1/s1. The van der Waals surface area contributed by atoms with Crippen molar-refractivity contribution in [3.63, 3.8) is 0 Å². The van der Waals surface area contributed by atoms with Crippen LogP contribution in [-0.2, 0) is 0 Å². The molecule has 0 bridgehead atoms. The van der Waals surface area contributed by atoms with E-state index >= 15 is 0 Å². The van der Waals surface area contributed by atoms with Crippen LogP contribution in [0, 0.1) is 0 Å².